The molecule has 1 fully saturated rings. The van der Waals surface area contributed by atoms with Gasteiger partial charge in [0.25, 0.3) is 5.91 Å². The van der Waals surface area contributed by atoms with E-state index in [1.165, 1.54) is 37.5 Å². The highest BCUT2D eigenvalue weighted by atomic mass is 32.2. The van der Waals surface area contributed by atoms with Gasteiger partial charge in [-0.3, -0.25) is 9.69 Å². The first kappa shape index (κ1) is 24.9. The van der Waals surface area contributed by atoms with Crippen molar-refractivity contribution in [3.8, 4) is 0 Å². The maximum atomic E-state index is 12.7. The second-order valence-corrected chi connectivity index (χ2v) is 11.0. The molecule has 0 saturated carbocycles. The Morgan fingerprint density at radius 3 is 2.06 bits per heavy atom. The SMILES string of the molecule is CN(C)S(=O)(=O)c1ccc(C(=O)NCc2ccccc2CN2CCN(c3ccccc3)CC2)cc1. The number of benzene rings is 3. The number of piperazine rings is 1. The largest absolute Gasteiger partial charge is 0.369 e. The summed E-state index contributed by atoms with van der Waals surface area (Å²) in [4.78, 5) is 17.7. The Bertz CT molecular complexity index is 1240. The summed E-state index contributed by atoms with van der Waals surface area (Å²) in [7, 11) is -0.554. The molecular weight excluding hydrogens is 460 g/mol. The van der Waals surface area contributed by atoms with E-state index in [4.69, 9.17) is 0 Å². The highest BCUT2D eigenvalue weighted by Gasteiger charge is 2.19. The third-order valence-corrected chi connectivity index (χ3v) is 8.17. The number of hydrogen-bond acceptors (Lipinski definition) is 5. The zero-order chi connectivity index (χ0) is 24.8. The summed E-state index contributed by atoms with van der Waals surface area (Å²) in [6.07, 6.45) is 0. The smallest absolute Gasteiger partial charge is 0.251 e. The van der Waals surface area contributed by atoms with Crippen LogP contribution in [0.2, 0.25) is 0 Å². The normalized spacial score (nSPS) is 14.8. The summed E-state index contributed by atoms with van der Waals surface area (Å²) in [5.74, 6) is -0.231. The van der Waals surface area contributed by atoms with E-state index in [9.17, 15) is 13.2 Å². The lowest BCUT2D eigenvalue weighted by Crippen LogP contribution is -2.46. The van der Waals surface area contributed by atoms with Gasteiger partial charge in [0.2, 0.25) is 10.0 Å². The predicted octanol–water partition coefficient (Wildman–Crippen LogP) is 3.19. The second kappa shape index (κ2) is 11.0. The fourth-order valence-corrected chi connectivity index (χ4v) is 5.10. The minimum Gasteiger partial charge on any atom is -0.369 e. The van der Waals surface area contributed by atoms with Crippen LogP contribution in [0.1, 0.15) is 21.5 Å². The lowest BCUT2D eigenvalue weighted by atomic mass is 10.1. The molecule has 3 aromatic carbocycles. The number of nitrogens with zero attached hydrogens (tertiary/aromatic N) is 3. The molecule has 1 aliphatic heterocycles. The lowest BCUT2D eigenvalue weighted by Gasteiger charge is -2.36. The van der Waals surface area contributed by atoms with Crippen molar-refractivity contribution in [3.05, 3.63) is 95.6 Å². The molecule has 3 aromatic rings. The van der Waals surface area contributed by atoms with Crippen molar-refractivity contribution < 1.29 is 13.2 Å². The van der Waals surface area contributed by atoms with Crippen molar-refractivity contribution in [1.82, 2.24) is 14.5 Å². The van der Waals surface area contributed by atoms with Crippen LogP contribution in [0.25, 0.3) is 0 Å². The van der Waals surface area contributed by atoms with Crippen LogP contribution < -0.4 is 10.2 Å². The van der Waals surface area contributed by atoms with Gasteiger partial charge >= 0.3 is 0 Å². The number of nitrogens with one attached hydrogen (secondary N) is 1. The molecule has 8 heteroatoms. The Balaban J connectivity index is 1.34. The van der Waals surface area contributed by atoms with Crippen molar-refractivity contribution in [1.29, 1.82) is 0 Å². The monoisotopic (exact) mass is 492 g/mol. The number of hydrogen-bond donors (Lipinski definition) is 1. The van der Waals surface area contributed by atoms with Gasteiger partial charge in [0.15, 0.2) is 0 Å². The number of rotatable bonds is 8. The molecule has 0 atom stereocenters. The van der Waals surface area contributed by atoms with Gasteiger partial charge in [-0.15, -0.1) is 0 Å². The first-order valence-corrected chi connectivity index (χ1v) is 13.2. The fraction of sp³-hybridized carbons (Fsp3) is 0.296. The van der Waals surface area contributed by atoms with E-state index in [-0.39, 0.29) is 10.8 Å². The van der Waals surface area contributed by atoms with Crippen molar-refractivity contribution in [2.75, 3.05) is 45.2 Å². The summed E-state index contributed by atoms with van der Waals surface area (Å²) in [5.41, 5.74) is 3.98. The summed E-state index contributed by atoms with van der Waals surface area (Å²) in [6.45, 7) is 5.20. The van der Waals surface area contributed by atoms with Crippen LogP contribution in [-0.2, 0) is 23.1 Å². The molecule has 35 heavy (non-hydrogen) atoms. The summed E-state index contributed by atoms with van der Waals surface area (Å²) in [5, 5.41) is 2.98. The number of carbonyl (C=O) groups excluding carboxylic acids is 1. The minimum absolute atomic E-state index is 0.164. The second-order valence-electron chi connectivity index (χ2n) is 8.86. The van der Waals surface area contributed by atoms with Crippen LogP contribution in [0, 0.1) is 0 Å². The number of para-hydroxylation sites is 1. The quantitative estimate of drug-likeness (QED) is 0.523. The molecule has 0 aliphatic carbocycles. The highest BCUT2D eigenvalue weighted by molar-refractivity contribution is 7.89. The maximum Gasteiger partial charge on any atom is 0.251 e. The van der Waals surface area contributed by atoms with E-state index in [1.807, 2.05) is 24.3 Å². The fourth-order valence-electron chi connectivity index (χ4n) is 4.19. The first-order valence-electron chi connectivity index (χ1n) is 11.7. The average Bonchev–Trinajstić information content (AvgIpc) is 2.89. The Morgan fingerprint density at radius 2 is 1.43 bits per heavy atom. The molecule has 0 bridgehead atoms. The van der Waals surface area contributed by atoms with Gasteiger partial charge in [0, 0.05) is 64.6 Å². The van der Waals surface area contributed by atoms with Crippen LogP contribution in [-0.4, -0.2) is 63.8 Å². The third-order valence-electron chi connectivity index (χ3n) is 6.34. The van der Waals surface area contributed by atoms with Crippen LogP contribution >= 0.6 is 0 Å². The average molecular weight is 493 g/mol. The molecule has 0 radical (unpaired) electrons. The van der Waals surface area contributed by atoms with Crippen molar-refractivity contribution >= 4 is 21.6 Å². The van der Waals surface area contributed by atoms with Crippen LogP contribution in [0.15, 0.2) is 83.8 Å². The molecule has 1 saturated heterocycles. The van der Waals surface area contributed by atoms with Gasteiger partial charge < -0.3 is 10.2 Å². The van der Waals surface area contributed by atoms with Gasteiger partial charge in [-0.2, -0.15) is 0 Å². The number of amides is 1. The Morgan fingerprint density at radius 1 is 0.829 bits per heavy atom. The zero-order valence-corrected chi connectivity index (χ0v) is 21.0. The topological polar surface area (TPSA) is 73.0 Å². The summed E-state index contributed by atoms with van der Waals surface area (Å²) in [6, 6.07) is 24.7. The van der Waals surface area contributed by atoms with Gasteiger partial charge in [0.1, 0.15) is 0 Å². The third kappa shape index (κ3) is 6.08. The van der Waals surface area contributed by atoms with E-state index >= 15 is 0 Å². The Hall–Kier alpha value is -3.20. The van der Waals surface area contributed by atoms with E-state index < -0.39 is 10.0 Å². The van der Waals surface area contributed by atoms with Crippen molar-refractivity contribution in [3.63, 3.8) is 0 Å². The van der Waals surface area contributed by atoms with Crippen LogP contribution in [0.5, 0.6) is 0 Å². The Labute approximate surface area is 208 Å². The zero-order valence-electron chi connectivity index (χ0n) is 20.2. The molecule has 0 spiro atoms. The van der Waals surface area contributed by atoms with Crippen LogP contribution in [0.3, 0.4) is 0 Å². The molecule has 4 rings (SSSR count). The van der Waals surface area contributed by atoms with E-state index in [2.05, 4.69) is 45.4 Å². The van der Waals surface area contributed by atoms with E-state index in [0.717, 1.165) is 42.6 Å². The molecule has 1 aliphatic rings. The van der Waals surface area contributed by atoms with E-state index in [0.29, 0.717) is 12.1 Å². The van der Waals surface area contributed by atoms with Crippen molar-refractivity contribution in [2.24, 2.45) is 0 Å². The van der Waals surface area contributed by atoms with Gasteiger partial charge in [-0.1, -0.05) is 42.5 Å². The van der Waals surface area contributed by atoms with Crippen molar-refractivity contribution in [2.45, 2.75) is 18.0 Å². The molecular formula is C27H32N4O3S. The highest BCUT2D eigenvalue weighted by Crippen LogP contribution is 2.19. The molecule has 1 heterocycles. The molecule has 0 aromatic heterocycles. The number of sulfonamides is 1. The standard InChI is InChI=1S/C27H32N4O3S/c1-29(2)35(33,34)26-14-12-22(13-15-26)27(32)28-20-23-8-6-7-9-24(23)21-30-16-18-31(19-17-30)25-10-4-3-5-11-25/h3-15H,16-21H2,1-2H3,(H,28,32). The molecule has 184 valence electrons. The minimum atomic E-state index is -3.52. The molecule has 1 amide bonds. The predicted molar refractivity (Wildman–Crippen MR) is 139 cm³/mol. The van der Waals surface area contributed by atoms with E-state index in [1.54, 1.807) is 12.1 Å². The van der Waals surface area contributed by atoms with Gasteiger partial charge in [-0.05, 0) is 47.5 Å². The van der Waals surface area contributed by atoms with Gasteiger partial charge in [-0.25, -0.2) is 12.7 Å². The molecule has 0 unspecified atom stereocenters. The molecule has 7 nitrogen and oxygen atoms in total. The number of anilines is 1. The molecule has 1 N–H and O–H groups in total. The lowest BCUT2D eigenvalue weighted by molar-refractivity contribution is 0.0950. The Kier molecular flexibility index (Phi) is 7.85. The first-order chi connectivity index (χ1) is 16.8. The summed E-state index contributed by atoms with van der Waals surface area (Å²) >= 11 is 0. The van der Waals surface area contributed by atoms with Crippen LogP contribution in [0.4, 0.5) is 5.69 Å². The summed E-state index contributed by atoms with van der Waals surface area (Å²) < 4.78 is 25.6. The van der Waals surface area contributed by atoms with Gasteiger partial charge in [0.05, 0.1) is 4.90 Å². The maximum absolute atomic E-state index is 12.7. The number of carbonyl (C=O) groups is 1.